The molecule has 1 aromatic heterocycles. The number of anilines is 1. The number of nitrogens with two attached hydrogens (primary N) is 1. The van der Waals surface area contributed by atoms with Crippen LogP contribution in [0.2, 0.25) is 5.02 Å². The number of nitrogens with zero attached hydrogens (tertiary/aromatic N) is 2. The van der Waals surface area contributed by atoms with Gasteiger partial charge in [-0.25, -0.2) is 0 Å². The summed E-state index contributed by atoms with van der Waals surface area (Å²) >= 11 is 5.82. The highest BCUT2D eigenvalue weighted by atomic mass is 35.5. The first-order valence-electron chi connectivity index (χ1n) is 6.37. The van der Waals surface area contributed by atoms with E-state index in [0.717, 1.165) is 11.3 Å². The minimum Gasteiger partial charge on any atom is -0.395 e. The van der Waals surface area contributed by atoms with Crippen LogP contribution < -0.4 is 11.1 Å². The van der Waals surface area contributed by atoms with Gasteiger partial charge < -0.3 is 11.1 Å². The van der Waals surface area contributed by atoms with Crippen LogP contribution >= 0.6 is 11.6 Å². The Morgan fingerprint density at radius 1 is 1.40 bits per heavy atom. The van der Waals surface area contributed by atoms with Gasteiger partial charge in [-0.2, -0.15) is 5.10 Å². The number of aryl methyl sites for hydroxylation is 2. The minimum atomic E-state index is -0.229. The first-order chi connectivity index (χ1) is 9.52. The summed E-state index contributed by atoms with van der Waals surface area (Å²) < 4.78 is 1.52. The molecule has 0 atom stereocenters. The third-order valence-electron chi connectivity index (χ3n) is 3.08. The third-order valence-corrected chi connectivity index (χ3v) is 3.33. The van der Waals surface area contributed by atoms with Crippen molar-refractivity contribution in [2.24, 2.45) is 7.05 Å². The quantitative estimate of drug-likeness (QED) is 0.907. The lowest BCUT2D eigenvalue weighted by atomic mass is 10.2. The summed E-state index contributed by atoms with van der Waals surface area (Å²) in [5.74, 6) is -0.229. The third kappa shape index (κ3) is 2.93. The molecule has 0 aliphatic carbocycles. The molecule has 0 bridgehead atoms. The molecule has 0 spiro atoms. The number of nitrogens with one attached hydrogen (secondary N) is 1. The van der Waals surface area contributed by atoms with E-state index in [9.17, 15) is 4.79 Å². The predicted molar refractivity (Wildman–Crippen MR) is 79.6 cm³/mol. The van der Waals surface area contributed by atoms with E-state index in [2.05, 4.69) is 10.4 Å². The molecule has 0 radical (unpaired) electrons. The molecule has 0 aliphatic rings. The van der Waals surface area contributed by atoms with Gasteiger partial charge in [0.15, 0.2) is 0 Å². The minimum absolute atomic E-state index is 0.229. The highest BCUT2D eigenvalue weighted by Crippen LogP contribution is 2.17. The van der Waals surface area contributed by atoms with Crippen molar-refractivity contribution in [3.63, 3.8) is 0 Å². The van der Waals surface area contributed by atoms with Crippen LogP contribution in [0.25, 0.3) is 0 Å². The van der Waals surface area contributed by atoms with Gasteiger partial charge in [0.1, 0.15) is 5.69 Å². The summed E-state index contributed by atoms with van der Waals surface area (Å²) in [4.78, 5) is 12.2. The molecule has 1 amide bonds. The van der Waals surface area contributed by atoms with E-state index in [1.54, 1.807) is 19.2 Å². The van der Waals surface area contributed by atoms with Crippen molar-refractivity contribution in [3.05, 3.63) is 46.2 Å². The van der Waals surface area contributed by atoms with Gasteiger partial charge in [0.25, 0.3) is 5.91 Å². The SMILES string of the molecule is CCc1nn(C)c(C(=O)NCc2ccc(Cl)cc2)c1N. The van der Waals surface area contributed by atoms with E-state index in [4.69, 9.17) is 17.3 Å². The molecular formula is C14H17ClN4O. The van der Waals surface area contributed by atoms with Crippen LogP contribution in [0.1, 0.15) is 28.7 Å². The first-order valence-corrected chi connectivity index (χ1v) is 6.74. The van der Waals surface area contributed by atoms with Crippen LogP contribution in [-0.2, 0) is 20.0 Å². The fourth-order valence-corrected chi connectivity index (χ4v) is 2.12. The number of carbonyl (C=O) groups is 1. The molecule has 0 saturated heterocycles. The second-order valence-electron chi connectivity index (χ2n) is 4.50. The molecule has 1 aromatic carbocycles. The second-order valence-corrected chi connectivity index (χ2v) is 4.93. The summed E-state index contributed by atoms with van der Waals surface area (Å²) in [6.45, 7) is 2.37. The predicted octanol–water partition coefficient (Wildman–Crippen LogP) is 2.15. The van der Waals surface area contributed by atoms with E-state index in [-0.39, 0.29) is 5.91 Å². The van der Waals surface area contributed by atoms with Crippen LogP contribution in [0.3, 0.4) is 0 Å². The molecular weight excluding hydrogens is 276 g/mol. The van der Waals surface area contributed by atoms with E-state index < -0.39 is 0 Å². The molecule has 0 unspecified atom stereocenters. The molecule has 5 nitrogen and oxygen atoms in total. The Bertz CT molecular complexity index is 619. The van der Waals surface area contributed by atoms with Crippen molar-refractivity contribution in [2.45, 2.75) is 19.9 Å². The van der Waals surface area contributed by atoms with Crippen molar-refractivity contribution in [2.75, 3.05) is 5.73 Å². The smallest absolute Gasteiger partial charge is 0.271 e. The molecule has 3 N–H and O–H groups in total. The van der Waals surface area contributed by atoms with Crippen LogP contribution in [0.15, 0.2) is 24.3 Å². The monoisotopic (exact) mass is 292 g/mol. The highest BCUT2D eigenvalue weighted by Gasteiger charge is 2.18. The maximum Gasteiger partial charge on any atom is 0.271 e. The zero-order valence-electron chi connectivity index (χ0n) is 11.5. The first kappa shape index (κ1) is 14.4. The molecule has 0 aliphatic heterocycles. The van der Waals surface area contributed by atoms with Gasteiger partial charge in [-0.1, -0.05) is 30.7 Å². The number of benzene rings is 1. The summed E-state index contributed by atoms with van der Waals surface area (Å²) in [5.41, 5.74) is 8.50. The lowest BCUT2D eigenvalue weighted by molar-refractivity contribution is 0.0942. The Morgan fingerprint density at radius 3 is 2.60 bits per heavy atom. The number of nitrogen functional groups attached to an aromatic ring is 1. The molecule has 0 saturated carbocycles. The Morgan fingerprint density at radius 2 is 2.05 bits per heavy atom. The number of carbonyl (C=O) groups excluding carboxylic acids is 1. The zero-order chi connectivity index (χ0) is 14.7. The van der Waals surface area contributed by atoms with E-state index in [0.29, 0.717) is 29.4 Å². The van der Waals surface area contributed by atoms with Gasteiger partial charge in [0.05, 0.1) is 11.4 Å². The molecule has 0 fully saturated rings. The lowest BCUT2D eigenvalue weighted by Gasteiger charge is -2.06. The average molecular weight is 293 g/mol. The normalized spacial score (nSPS) is 10.6. The number of rotatable bonds is 4. The van der Waals surface area contributed by atoms with Gasteiger partial charge in [0.2, 0.25) is 0 Å². The summed E-state index contributed by atoms with van der Waals surface area (Å²) in [6.07, 6.45) is 0.699. The fourth-order valence-electron chi connectivity index (χ4n) is 1.99. The fraction of sp³-hybridized carbons (Fsp3) is 0.286. The number of hydrogen-bond acceptors (Lipinski definition) is 3. The summed E-state index contributed by atoms with van der Waals surface area (Å²) in [5, 5.41) is 7.73. The van der Waals surface area contributed by atoms with E-state index in [1.807, 2.05) is 19.1 Å². The Kier molecular flexibility index (Phi) is 4.29. The number of amides is 1. The zero-order valence-corrected chi connectivity index (χ0v) is 12.2. The maximum atomic E-state index is 12.2. The van der Waals surface area contributed by atoms with E-state index >= 15 is 0 Å². The van der Waals surface area contributed by atoms with Crippen molar-refractivity contribution in [1.29, 1.82) is 0 Å². The van der Waals surface area contributed by atoms with Crippen molar-refractivity contribution >= 4 is 23.2 Å². The van der Waals surface area contributed by atoms with Gasteiger partial charge in [0, 0.05) is 18.6 Å². The molecule has 2 aromatic rings. The lowest BCUT2D eigenvalue weighted by Crippen LogP contribution is -2.26. The van der Waals surface area contributed by atoms with Crippen molar-refractivity contribution < 1.29 is 4.79 Å². The van der Waals surface area contributed by atoms with Gasteiger partial charge >= 0.3 is 0 Å². The van der Waals surface area contributed by atoms with Gasteiger partial charge in [-0.15, -0.1) is 0 Å². The standard InChI is InChI=1S/C14H17ClN4O/c1-3-11-12(16)13(19(2)18-11)14(20)17-8-9-4-6-10(15)7-5-9/h4-7H,3,8,16H2,1-2H3,(H,17,20). The Labute approximate surface area is 122 Å². The van der Waals surface area contributed by atoms with Crippen LogP contribution in [0.5, 0.6) is 0 Å². The van der Waals surface area contributed by atoms with Crippen LogP contribution in [0, 0.1) is 0 Å². The average Bonchev–Trinajstić information content (AvgIpc) is 2.72. The molecule has 6 heteroatoms. The maximum absolute atomic E-state index is 12.2. The van der Waals surface area contributed by atoms with Gasteiger partial charge in [-0.3, -0.25) is 9.48 Å². The number of aromatic nitrogens is 2. The van der Waals surface area contributed by atoms with E-state index in [1.165, 1.54) is 4.68 Å². The molecule has 20 heavy (non-hydrogen) atoms. The topological polar surface area (TPSA) is 72.9 Å². The number of halogens is 1. The molecule has 1 heterocycles. The van der Waals surface area contributed by atoms with Crippen LogP contribution in [0.4, 0.5) is 5.69 Å². The largest absolute Gasteiger partial charge is 0.395 e. The van der Waals surface area contributed by atoms with Crippen molar-refractivity contribution in [3.8, 4) is 0 Å². The Hall–Kier alpha value is -2.01. The molecule has 2 rings (SSSR count). The van der Waals surface area contributed by atoms with Crippen LogP contribution in [-0.4, -0.2) is 15.7 Å². The molecule has 106 valence electrons. The Balaban J connectivity index is 2.09. The highest BCUT2D eigenvalue weighted by molar-refractivity contribution is 6.30. The van der Waals surface area contributed by atoms with Crippen molar-refractivity contribution in [1.82, 2.24) is 15.1 Å². The number of hydrogen-bond donors (Lipinski definition) is 2. The second kappa shape index (κ2) is 5.96. The van der Waals surface area contributed by atoms with Gasteiger partial charge in [-0.05, 0) is 24.1 Å². The summed E-state index contributed by atoms with van der Waals surface area (Å²) in [6, 6.07) is 7.31. The summed E-state index contributed by atoms with van der Waals surface area (Å²) in [7, 11) is 1.72.